The van der Waals surface area contributed by atoms with Gasteiger partial charge in [0.1, 0.15) is 17.7 Å². The highest BCUT2D eigenvalue weighted by Crippen LogP contribution is 2.18. The van der Waals surface area contributed by atoms with Crippen LogP contribution in [0.2, 0.25) is 0 Å². The van der Waals surface area contributed by atoms with Gasteiger partial charge in [0.25, 0.3) is 0 Å². The summed E-state index contributed by atoms with van der Waals surface area (Å²) in [6.45, 7) is 3.47. The zero-order chi connectivity index (χ0) is 23.9. The van der Waals surface area contributed by atoms with Gasteiger partial charge in [0.2, 0.25) is 11.8 Å². The molecule has 4 rings (SSSR count). The number of anilines is 1. The van der Waals surface area contributed by atoms with Crippen LogP contribution in [0.25, 0.3) is 0 Å². The molecule has 2 aromatic carbocycles. The third-order valence-electron chi connectivity index (χ3n) is 5.96. The minimum atomic E-state index is -0.643. The van der Waals surface area contributed by atoms with E-state index in [1.807, 2.05) is 30.3 Å². The Morgan fingerprint density at radius 3 is 2.44 bits per heavy atom. The summed E-state index contributed by atoms with van der Waals surface area (Å²) < 4.78 is 14.8. The Balaban J connectivity index is 1.31. The number of nitrogens with one attached hydrogen (secondary N) is 2. The molecule has 178 valence electrons. The lowest BCUT2D eigenvalue weighted by molar-refractivity contribution is -0.126. The number of halogens is 1. The first-order chi connectivity index (χ1) is 16.5. The van der Waals surface area contributed by atoms with E-state index < -0.39 is 6.04 Å². The van der Waals surface area contributed by atoms with E-state index >= 15 is 0 Å². The number of likely N-dealkylation sites (tertiary alicyclic amines) is 1. The summed E-state index contributed by atoms with van der Waals surface area (Å²) >= 11 is 0. The smallest absolute Gasteiger partial charge is 0.245 e. The molecule has 1 saturated heterocycles. The molecule has 1 aromatic heterocycles. The lowest BCUT2D eigenvalue weighted by Crippen LogP contribution is -2.48. The van der Waals surface area contributed by atoms with Crippen molar-refractivity contribution < 1.29 is 14.0 Å². The molecule has 1 fully saturated rings. The molecule has 0 saturated carbocycles. The summed E-state index contributed by atoms with van der Waals surface area (Å²) in [4.78, 5) is 27.6. The molecule has 3 aromatic rings. The van der Waals surface area contributed by atoms with Crippen molar-refractivity contribution in [1.82, 2.24) is 30.4 Å². The fraction of sp³-hybridized carbons (Fsp3) is 0.375. The van der Waals surface area contributed by atoms with Gasteiger partial charge in [-0.15, -0.1) is 5.10 Å². The van der Waals surface area contributed by atoms with Gasteiger partial charge in [0.05, 0.1) is 6.54 Å². The second-order valence-corrected chi connectivity index (χ2v) is 8.49. The highest BCUT2D eigenvalue weighted by Gasteiger charge is 2.28. The van der Waals surface area contributed by atoms with E-state index in [1.165, 1.54) is 16.8 Å². The number of amides is 2. The lowest BCUT2D eigenvalue weighted by Gasteiger charge is -2.32. The van der Waals surface area contributed by atoms with Crippen molar-refractivity contribution in [3.63, 3.8) is 0 Å². The number of rotatable bonds is 8. The zero-order valence-corrected chi connectivity index (χ0v) is 19.0. The molecule has 1 aliphatic heterocycles. The van der Waals surface area contributed by atoms with Gasteiger partial charge >= 0.3 is 0 Å². The fourth-order valence-electron chi connectivity index (χ4n) is 4.12. The average molecular weight is 466 g/mol. The van der Waals surface area contributed by atoms with E-state index in [4.69, 9.17) is 0 Å². The Morgan fingerprint density at radius 1 is 1.09 bits per heavy atom. The summed E-state index contributed by atoms with van der Waals surface area (Å²) in [5.41, 5.74) is 1.59. The van der Waals surface area contributed by atoms with Gasteiger partial charge < -0.3 is 10.6 Å². The number of nitrogens with zero attached hydrogens (tertiary/aromatic N) is 5. The van der Waals surface area contributed by atoms with Crippen LogP contribution in [-0.4, -0.2) is 62.6 Å². The van der Waals surface area contributed by atoms with Crippen LogP contribution in [0.5, 0.6) is 0 Å². The molecule has 9 nitrogen and oxygen atoms in total. The van der Waals surface area contributed by atoms with E-state index in [0.717, 1.165) is 24.1 Å². The topological polar surface area (TPSA) is 105 Å². The van der Waals surface area contributed by atoms with Crippen LogP contribution in [0.4, 0.5) is 10.1 Å². The molecule has 2 N–H and O–H groups in total. The molecule has 1 unspecified atom stereocenters. The maximum absolute atomic E-state index is 13.3. The van der Waals surface area contributed by atoms with Crippen molar-refractivity contribution >= 4 is 17.5 Å². The number of hydrogen-bond acceptors (Lipinski definition) is 6. The molecule has 0 spiro atoms. The molecule has 2 heterocycles. The second kappa shape index (κ2) is 11.0. The standard InChI is InChI=1S/C24H28FN7O2/c1-17-28-29-30-32(17)22(15-18-7-9-19(25)10-8-18)24(34)27-21-11-13-31(14-12-21)16-23(33)26-20-5-3-2-4-6-20/h2-10,21-22H,11-16H2,1H3,(H,26,33)(H,27,34). The van der Waals surface area contributed by atoms with E-state index in [2.05, 4.69) is 31.1 Å². The highest BCUT2D eigenvalue weighted by molar-refractivity contribution is 5.92. The van der Waals surface area contributed by atoms with Crippen molar-refractivity contribution in [3.8, 4) is 0 Å². The summed E-state index contributed by atoms with van der Waals surface area (Å²) in [5, 5.41) is 17.6. The van der Waals surface area contributed by atoms with Crippen LogP contribution >= 0.6 is 0 Å². The fourth-order valence-corrected chi connectivity index (χ4v) is 4.12. The number of piperidine rings is 1. The molecule has 0 bridgehead atoms. The SMILES string of the molecule is Cc1nnnn1C(Cc1ccc(F)cc1)C(=O)NC1CCN(CC(=O)Nc2ccccc2)CC1. The third kappa shape index (κ3) is 6.22. The van der Waals surface area contributed by atoms with Crippen LogP contribution in [0.3, 0.4) is 0 Å². The van der Waals surface area contributed by atoms with Crippen molar-refractivity contribution in [1.29, 1.82) is 0 Å². The normalized spacial score (nSPS) is 15.6. The average Bonchev–Trinajstić information content (AvgIpc) is 3.26. The van der Waals surface area contributed by atoms with Gasteiger partial charge in [-0.1, -0.05) is 30.3 Å². The van der Waals surface area contributed by atoms with E-state index in [-0.39, 0.29) is 23.7 Å². The number of tetrazole rings is 1. The quantitative estimate of drug-likeness (QED) is 0.528. The molecule has 2 amide bonds. The number of carbonyl (C=O) groups is 2. The summed E-state index contributed by atoms with van der Waals surface area (Å²) in [5.74, 6) is -0.0312. The highest BCUT2D eigenvalue weighted by atomic mass is 19.1. The van der Waals surface area contributed by atoms with Gasteiger partial charge in [-0.3, -0.25) is 14.5 Å². The number of benzene rings is 2. The Morgan fingerprint density at radius 2 is 1.79 bits per heavy atom. The van der Waals surface area contributed by atoms with Gasteiger partial charge in [0, 0.05) is 31.2 Å². The van der Waals surface area contributed by atoms with Gasteiger partial charge in [-0.05, 0) is 60.0 Å². The first kappa shape index (κ1) is 23.5. The van der Waals surface area contributed by atoms with Crippen LogP contribution in [0.15, 0.2) is 54.6 Å². The molecule has 10 heteroatoms. The predicted molar refractivity (Wildman–Crippen MR) is 124 cm³/mol. The first-order valence-electron chi connectivity index (χ1n) is 11.3. The molecule has 1 atom stereocenters. The van der Waals surface area contributed by atoms with E-state index in [9.17, 15) is 14.0 Å². The Kier molecular flexibility index (Phi) is 7.58. The summed E-state index contributed by atoms with van der Waals surface area (Å²) in [6.07, 6.45) is 1.82. The molecule has 1 aliphatic rings. The predicted octanol–water partition coefficient (Wildman–Crippen LogP) is 2.12. The molecular weight excluding hydrogens is 437 g/mol. The van der Waals surface area contributed by atoms with Crippen LogP contribution < -0.4 is 10.6 Å². The van der Waals surface area contributed by atoms with Crippen LogP contribution in [0.1, 0.15) is 30.3 Å². The van der Waals surface area contributed by atoms with Crippen molar-refractivity contribution in [2.75, 3.05) is 25.0 Å². The summed E-state index contributed by atoms with van der Waals surface area (Å²) in [7, 11) is 0. The van der Waals surface area contributed by atoms with Crippen LogP contribution in [-0.2, 0) is 16.0 Å². The number of para-hydroxylation sites is 1. The van der Waals surface area contributed by atoms with Crippen molar-refractivity contribution in [2.24, 2.45) is 0 Å². The maximum atomic E-state index is 13.3. The van der Waals surface area contributed by atoms with Gasteiger partial charge in [0.15, 0.2) is 0 Å². The van der Waals surface area contributed by atoms with Crippen LogP contribution in [0, 0.1) is 12.7 Å². The van der Waals surface area contributed by atoms with Crippen molar-refractivity contribution in [3.05, 3.63) is 71.8 Å². The largest absolute Gasteiger partial charge is 0.351 e. The second-order valence-electron chi connectivity index (χ2n) is 8.49. The molecule has 0 aliphatic carbocycles. The number of hydrogen-bond donors (Lipinski definition) is 2. The van der Waals surface area contributed by atoms with Gasteiger partial charge in [-0.2, -0.15) is 0 Å². The summed E-state index contributed by atoms with van der Waals surface area (Å²) in [6, 6.07) is 14.8. The van der Waals surface area contributed by atoms with E-state index in [1.54, 1.807) is 19.1 Å². The monoisotopic (exact) mass is 465 g/mol. The Bertz CT molecular complexity index is 1100. The molecule has 34 heavy (non-hydrogen) atoms. The lowest BCUT2D eigenvalue weighted by atomic mass is 10.0. The van der Waals surface area contributed by atoms with Crippen molar-refractivity contribution in [2.45, 2.75) is 38.3 Å². The number of aryl methyl sites for hydroxylation is 1. The zero-order valence-electron chi connectivity index (χ0n) is 19.0. The molecule has 0 radical (unpaired) electrons. The minimum Gasteiger partial charge on any atom is -0.351 e. The number of aromatic nitrogens is 4. The number of carbonyl (C=O) groups excluding carboxylic acids is 2. The Labute approximate surface area is 197 Å². The maximum Gasteiger partial charge on any atom is 0.245 e. The Hall–Kier alpha value is -3.66. The molecular formula is C24H28FN7O2. The van der Waals surface area contributed by atoms with Gasteiger partial charge in [-0.25, -0.2) is 9.07 Å². The minimum absolute atomic E-state index is 0.00607. The third-order valence-corrected chi connectivity index (χ3v) is 5.96. The first-order valence-corrected chi connectivity index (χ1v) is 11.3. The van der Waals surface area contributed by atoms with E-state index in [0.29, 0.717) is 31.9 Å².